The van der Waals surface area contributed by atoms with Gasteiger partial charge in [-0.15, -0.1) is 0 Å². The first-order chi connectivity index (χ1) is 8.31. The lowest BCUT2D eigenvalue weighted by molar-refractivity contribution is 0.306. The second-order valence-corrected chi connectivity index (χ2v) is 4.91. The van der Waals surface area contributed by atoms with Crippen LogP contribution in [0.3, 0.4) is 0 Å². The fourth-order valence-corrected chi connectivity index (χ4v) is 2.45. The van der Waals surface area contributed by atoms with Gasteiger partial charge in [-0.05, 0) is 50.6 Å². The van der Waals surface area contributed by atoms with E-state index >= 15 is 0 Å². The number of hydrogen-bond donors (Lipinski definition) is 0. The Labute approximate surface area is 105 Å². The quantitative estimate of drug-likeness (QED) is 0.720. The number of rotatable bonds is 5. The molecule has 0 aliphatic carbocycles. The molecule has 1 atom stereocenters. The average molecular weight is 233 g/mol. The topological polar surface area (TPSA) is 12.5 Å². The molecule has 1 unspecified atom stereocenters. The lowest BCUT2D eigenvalue weighted by Crippen LogP contribution is -2.17. The molecule has 17 heavy (non-hydrogen) atoms. The summed E-state index contributed by atoms with van der Waals surface area (Å²) in [4.78, 5) is 2.44. The van der Waals surface area contributed by atoms with Gasteiger partial charge in [-0.1, -0.05) is 25.5 Å². The van der Waals surface area contributed by atoms with Crippen LogP contribution in [0.2, 0.25) is 0 Å². The van der Waals surface area contributed by atoms with Gasteiger partial charge in [0.25, 0.3) is 0 Å². The van der Waals surface area contributed by atoms with Crippen LogP contribution in [0.4, 0.5) is 0 Å². The summed E-state index contributed by atoms with van der Waals surface area (Å²) in [6.45, 7) is 4.24. The van der Waals surface area contributed by atoms with Crippen molar-refractivity contribution in [3.05, 3.63) is 29.8 Å². The molecular formula is C15H23NO. The van der Waals surface area contributed by atoms with E-state index < -0.39 is 0 Å². The highest BCUT2D eigenvalue weighted by Gasteiger charge is 2.22. The standard InChI is InChI=1S/C15H23NO/c1-3-4-12-17-14-9-7-13(8-10-14)15-6-5-11-16(15)2/h7-10,15H,3-6,11-12H2,1-2H3. The van der Waals surface area contributed by atoms with Crippen molar-refractivity contribution in [1.82, 2.24) is 4.90 Å². The summed E-state index contributed by atoms with van der Waals surface area (Å²) in [6, 6.07) is 9.26. The van der Waals surface area contributed by atoms with Gasteiger partial charge in [-0.2, -0.15) is 0 Å². The fourth-order valence-electron chi connectivity index (χ4n) is 2.45. The Hall–Kier alpha value is -1.02. The van der Waals surface area contributed by atoms with E-state index in [4.69, 9.17) is 4.74 Å². The number of nitrogens with zero attached hydrogens (tertiary/aromatic N) is 1. The molecule has 0 aromatic heterocycles. The summed E-state index contributed by atoms with van der Waals surface area (Å²) in [7, 11) is 2.21. The van der Waals surface area contributed by atoms with Crippen LogP contribution in [0.25, 0.3) is 0 Å². The smallest absolute Gasteiger partial charge is 0.119 e. The Balaban J connectivity index is 1.93. The molecule has 1 aliphatic heterocycles. The predicted molar refractivity (Wildman–Crippen MR) is 71.5 cm³/mol. The van der Waals surface area contributed by atoms with Gasteiger partial charge in [0, 0.05) is 6.04 Å². The van der Waals surface area contributed by atoms with E-state index in [-0.39, 0.29) is 0 Å². The summed E-state index contributed by atoms with van der Waals surface area (Å²) >= 11 is 0. The van der Waals surface area contributed by atoms with Crippen molar-refractivity contribution < 1.29 is 4.74 Å². The van der Waals surface area contributed by atoms with Crippen LogP contribution in [-0.2, 0) is 0 Å². The van der Waals surface area contributed by atoms with E-state index in [1.807, 2.05) is 0 Å². The minimum Gasteiger partial charge on any atom is -0.494 e. The largest absolute Gasteiger partial charge is 0.494 e. The van der Waals surface area contributed by atoms with Gasteiger partial charge in [-0.3, -0.25) is 4.90 Å². The zero-order chi connectivity index (χ0) is 12.1. The minimum absolute atomic E-state index is 0.611. The zero-order valence-electron chi connectivity index (χ0n) is 11.0. The first kappa shape index (κ1) is 12.4. The lowest BCUT2D eigenvalue weighted by atomic mass is 10.0. The Kier molecular flexibility index (Phi) is 4.43. The maximum Gasteiger partial charge on any atom is 0.119 e. The van der Waals surface area contributed by atoms with E-state index in [9.17, 15) is 0 Å². The summed E-state index contributed by atoms with van der Waals surface area (Å²) in [5, 5.41) is 0. The van der Waals surface area contributed by atoms with Crippen molar-refractivity contribution in [3.8, 4) is 5.75 Å². The molecule has 2 heteroatoms. The number of likely N-dealkylation sites (tertiary alicyclic amines) is 1. The molecule has 2 nitrogen and oxygen atoms in total. The van der Waals surface area contributed by atoms with Gasteiger partial charge in [-0.25, -0.2) is 0 Å². The third-order valence-corrected chi connectivity index (χ3v) is 3.55. The normalized spacial score (nSPS) is 20.7. The van der Waals surface area contributed by atoms with E-state index in [2.05, 4.69) is 43.1 Å². The highest BCUT2D eigenvalue weighted by Crippen LogP contribution is 2.31. The molecule has 0 N–H and O–H groups in total. The lowest BCUT2D eigenvalue weighted by Gasteiger charge is -2.19. The van der Waals surface area contributed by atoms with Crippen LogP contribution in [-0.4, -0.2) is 25.1 Å². The molecule has 1 heterocycles. The molecule has 0 amide bonds. The highest BCUT2D eigenvalue weighted by molar-refractivity contribution is 5.29. The molecule has 0 spiro atoms. The maximum atomic E-state index is 5.68. The molecule has 1 fully saturated rings. The van der Waals surface area contributed by atoms with Gasteiger partial charge in [0.2, 0.25) is 0 Å². The third-order valence-electron chi connectivity index (χ3n) is 3.55. The molecular weight excluding hydrogens is 210 g/mol. The zero-order valence-corrected chi connectivity index (χ0v) is 11.0. The molecule has 1 aromatic rings. The van der Waals surface area contributed by atoms with E-state index in [0.717, 1.165) is 18.8 Å². The van der Waals surface area contributed by atoms with Gasteiger partial charge in [0.05, 0.1) is 6.61 Å². The van der Waals surface area contributed by atoms with Crippen molar-refractivity contribution in [3.63, 3.8) is 0 Å². The summed E-state index contributed by atoms with van der Waals surface area (Å²) < 4.78 is 5.68. The van der Waals surface area contributed by atoms with Crippen molar-refractivity contribution in [2.75, 3.05) is 20.2 Å². The second-order valence-electron chi connectivity index (χ2n) is 4.91. The van der Waals surface area contributed by atoms with E-state index in [1.54, 1.807) is 0 Å². The third kappa shape index (κ3) is 3.22. The second kappa shape index (κ2) is 6.06. The van der Waals surface area contributed by atoms with Crippen LogP contribution in [0.15, 0.2) is 24.3 Å². The maximum absolute atomic E-state index is 5.68. The Morgan fingerprint density at radius 3 is 2.65 bits per heavy atom. The van der Waals surface area contributed by atoms with Gasteiger partial charge >= 0.3 is 0 Å². The number of benzene rings is 1. The van der Waals surface area contributed by atoms with Gasteiger partial charge in [0.15, 0.2) is 0 Å². The molecule has 0 radical (unpaired) electrons. The highest BCUT2D eigenvalue weighted by atomic mass is 16.5. The fraction of sp³-hybridized carbons (Fsp3) is 0.600. The van der Waals surface area contributed by atoms with Gasteiger partial charge < -0.3 is 4.74 Å². The van der Waals surface area contributed by atoms with Crippen LogP contribution in [0, 0.1) is 0 Å². The van der Waals surface area contributed by atoms with Crippen LogP contribution < -0.4 is 4.74 Å². The van der Waals surface area contributed by atoms with Gasteiger partial charge in [0.1, 0.15) is 5.75 Å². The van der Waals surface area contributed by atoms with Crippen molar-refractivity contribution in [2.24, 2.45) is 0 Å². The molecule has 1 aromatic carbocycles. The van der Waals surface area contributed by atoms with Crippen molar-refractivity contribution in [2.45, 2.75) is 38.6 Å². The molecule has 2 rings (SSSR count). The predicted octanol–water partition coefficient (Wildman–Crippen LogP) is 3.63. The number of unbranched alkanes of at least 4 members (excludes halogenated alkanes) is 1. The van der Waals surface area contributed by atoms with E-state index in [1.165, 1.54) is 31.4 Å². The summed E-state index contributed by atoms with van der Waals surface area (Å²) in [5.74, 6) is 1.00. The molecule has 1 aliphatic rings. The van der Waals surface area contributed by atoms with Crippen LogP contribution in [0.1, 0.15) is 44.2 Å². The van der Waals surface area contributed by atoms with E-state index in [0.29, 0.717) is 6.04 Å². The SMILES string of the molecule is CCCCOc1ccc(C2CCCN2C)cc1. The number of ether oxygens (including phenoxy) is 1. The minimum atomic E-state index is 0.611. The Morgan fingerprint density at radius 1 is 1.29 bits per heavy atom. The van der Waals surface area contributed by atoms with Crippen LogP contribution in [0.5, 0.6) is 5.75 Å². The molecule has 0 bridgehead atoms. The molecule has 1 saturated heterocycles. The Bertz CT molecular complexity index is 333. The first-order valence-electron chi connectivity index (χ1n) is 6.74. The molecule has 0 saturated carbocycles. The summed E-state index contributed by atoms with van der Waals surface area (Å²) in [6.07, 6.45) is 4.92. The average Bonchev–Trinajstić information content (AvgIpc) is 2.77. The first-order valence-corrected chi connectivity index (χ1v) is 6.74. The molecule has 94 valence electrons. The monoisotopic (exact) mass is 233 g/mol. The Morgan fingerprint density at radius 2 is 2.06 bits per heavy atom. The summed E-state index contributed by atoms with van der Waals surface area (Å²) in [5.41, 5.74) is 1.42. The number of hydrogen-bond acceptors (Lipinski definition) is 2. The van der Waals surface area contributed by atoms with Crippen LogP contribution >= 0.6 is 0 Å². The van der Waals surface area contributed by atoms with Crippen molar-refractivity contribution >= 4 is 0 Å². The van der Waals surface area contributed by atoms with Crippen molar-refractivity contribution in [1.29, 1.82) is 0 Å².